The van der Waals surface area contributed by atoms with E-state index in [1.165, 1.54) is 0 Å². The van der Waals surface area contributed by atoms with Gasteiger partial charge in [0.05, 0.1) is 16.4 Å². The quantitative estimate of drug-likeness (QED) is 0.701. The summed E-state index contributed by atoms with van der Waals surface area (Å²) < 4.78 is 2.23. The second kappa shape index (κ2) is 6.36. The van der Waals surface area contributed by atoms with E-state index in [9.17, 15) is 4.79 Å². The van der Waals surface area contributed by atoms with Crippen molar-refractivity contribution in [2.75, 3.05) is 6.54 Å². The maximum atomic E-state index is 12.6. The van der Waals surface area contributed by atoms with Gasteiger partial charge in [-0.1, -0.05) is 42.5 Å². The number of carbonyl (C=O) groups excluding carboxylic acids is 1. The van der Waals surface area contributed by atoms with Gasteiger partial charge in [-0.2, -0.15) is 0 Å². The molecule has 0 bridgehead atoms. The Morgan fingerprint density at radius 3 is 2.60 bits per heavy atom. The summed E-state index contributed by atoms with van der Waals surface area (Å²) in [6.07, 6.45) is 2.81. The highest BCUT2D eigenvalue weighted by Gasteiger charge is 2.50. The van der Waals surface area contributed by atoms with Crippen LogP contribution in [0.3, 0.4) is 0 Å². The smallest absolute Gasteiger partial charge is 0.230 e. The molecule has 25 heavy (non-hydrogen) atoms. The van der Waals surface area contributed by atoms with Crippen molar-refractivity contribution in [3.05, 3.63) is 66.0 Å². The van der Waals surface area contributed by atoms with Gasteiger partial charge in [0.2, 0.25) is 5.91 Å². The maximum Gasteiger partial charge on any atom is 0.230 e. The number of imidazole rings is 1. The minimum Gasteiger partial charge on any atom is -0.355 e. The summed E-state index contributed by atoms with van der Waals surface area (Å²) in [6.45, 7) is 3.59. The highest BCUT2D eigenvalue weighted by atomic mass is 16.2. The summed E-state index contributed by atoms with van der Waals surface area (Å²) in [4.78, 5) is 17.2. The van der Waals surface area contributed by atoms with Crippen LogP contribution in [0.15, 0.2) is 54.6 Å². The van der Waals surface area contributed by atoms with Crippen LogP contribution in [0, 0.1) is 6.92 Å². The van der Waals surface area contributed by atoms with E-state index in [1.54, 1.807) is 0 Å². The molecule has 0 atom stereocenters. The van der Waals surface area contributed by atoms with Gasteiger partial charge in [0.15, 0.2) is 0 Å². The molecule has 1 N–H and O–H groups in total. The zero-order valence-corrected chi connectivity index (χ0v) is 14.5. The first-order valence-electron chi connectivity index (χ1n) is 8.96. The van der Waals surface area contributed by atoms with Crippen LogP contribution in [-0.4, -0.2) is 22.0 Å². The minimum absolute atomic E-state index is 0.172. The Morgan fingerprint density at radius 2 is 1.84 bits per heavy atom. The van der Waals surface area contributed by atoms with Gasteiger partial charge < -0.3 is 9.88 Å². The van der Waals surface area contributed by atoms with Crippen molar-refractivity contribution >= 4 is 16.9 Å². The van der Waals surface area contributed by atoms with Crippen molar-refractivity contribution in [3.63, 3.8) is 0 Å². The van der Waals surface area contributed by atoms with Crippen LogP contribution < -0.4 is 5.32 Å². The molecule has 0 unspecified atom stereocenters. The van der Waals surface area contributed by atoms with E-state index >= 15 is 0 Å². The maximum absolute atomic E-state index is 12.6. The molecule has 0 radical (unpaired) electrons. The predicted molar refractivity (Wildman–Crippen MR) is 99.5 cm³/mol. The summed E-state index contributed by atoms with van der Waals surface area (Å²) in [6, 6.07) is 18.3. The first-order valence-corrected chi connectivity index (χ1v) is 8.96. The largest absolute Gasteiger partial charge is 0.355 e. The standard InChI is InChI=1S/C21H23N3O/c1-16-23-18-10-5-6-11-19(18)24(16)15-7-14-22-20(25)21(12-13-21)17-8-3-2-4-9-17/h2-6,8-11H,7,12-15H2,1H3,(H,22,25). The number of para-hydroxylation sites is 2. The highest BCUT2D eigenvalue weighted by molar-refractivity contribution is 5.91. The number of aromatic nitrogens is 2. The van der Waals surface area contributed by atoms with E-state index in [0.717, 1.165) is 48.2 Å². The topological polar surface area (TPSA) is 46.9 Å². The van der Waals surface area contributed by atoms with Crippen LogP contribution in [0.4, 0.5) is 0 Å². The average Bonchev–Trinajstić information content (AvgIpc) is 3.39. The fourth-order valence-electron chi connectivity index (χ4n) is 3.62. The number of rotatable bonds is 6. The molecule has 1 fully saturated rings. The SMILES string of the molecule is Cc1nc2ccccc2n1CCCNC(=O)C1(c2ccccc2)CC1. The van der Waals surface area contributed by atoms with Gasteiger partial charge in [0.1, 0.15) is 5.82 Å². The molecule has 3 aromatic rings. The van der Waals surface area contributed by atoms with E-state index in [-0.39, 0.29) is 11.3 Å². The summed E-state index contributed by atoms with van der Waals surface area (Å²) in [7, 11) is 0. The van der Waals surface area contributed by atoms with Gasteiger partial charge in [-0.15, -0.1) is 0 Å². The van der Waals surface area contributed by atoms with Crippen molar-refractivity contribution in [3.8, 4) is 0 Å². The lowest BCUT2D eigenvalue weighted by atomic mass is 9.95. The first kappa shape index (κ1) is 15.9. The molecule has 1 aliphatic rings. The second-order valence-corrected chi connectivity index (χ2v) is 6.86. The third-order valence-electron chi connectivity index (χ3n) is 5.20. The Hall–Kier alpha value is -2.62. The monoisotopic (exact) mass is 333 g/mol. The third-order valence-corrected chi connectivity index (χ3v) is 5.20. The zero-order valence-electron chi connectivity index (χ0n) is 14.5. The van der Waals surface area contributed by atoms with Gasteiger partial charge in [-0.3, -0.25) is 4.79 Å². The summed E-state index contributed by atoms with van der Waals surface area (Å²) in [5.74, 6) is 1.20. The number of hydrogen-bond donors (Lipinski definition) is 1. The first-order chi connectivity index (χ1) is 12.2. The number of fused-ring (bicyclic) bond motifs is 1. The molecular weight excluding hydrogens is 310 g/mol. The predicted octanol–water partition coefficient (Wildman–Crippen LogP) is 3.58. The van der Waals surface area contributed by atoms with E-state index in [1.807, 2.05) is 43.3 Å². The van der Waals surface area contributed by atoms with Crippen LogP contribution in [0.5, 0.6) is 0 Å². The molecule has 2 aromatic carbocycles. The number of aryl methyl sites for hydroxylation is 2. The van der Waals surface area contributed by atoms with Crippen molar-refractivity contribution in [1.82, 2.24) is 14.9 Å². The van der Waals surface area contributed by atoms with Crippen molar-refractivity contribution in [2.24, 2.45) is 0 Å². The fourth-order valence-corrected chi connectivity index (χ4v) is 3.62. The van der Waals surface area contributed by atoms with Gasteiger partial charge in [0, 0.05) is 13.1 Å². The van der Waals surface area contributed by atoms with Gasteiger partial charge in [-0.05, 0) is 43.9 Å². The molecule has 0 saturated heterocycles. The molecule has 0 aliphatic heterocycles. The van der Waals surface area contributed by atoms with Crippen molar-refractivity contribution in [2.45, 2.75) is 38.1 Å². The van der Waals surface area contributed by atoms with Crippen LogP contribution in [0.25, 0.3) is 11.0 Å². The Labute approximate surface area is 147 Å². The van der Waals surface area contributed by atoms with Crippen molar-refractivity contribution < 1.29 is 4.79 Å². The van der Waals surface area contributed by atoms with Gasteiger partial charge in [-0.25, -0.2) is 4.98 Å². The Balaban J connectivity index is 1.35. The average molecular weight is 333 g/mol. The van der Waals surface area contributed by atoms with E-state index in [2.05, 4.69) is 33.1 Å². The van der Waals surface area contributed by atoms with Crippen LogP contribution >= 0.6 is 0 Å². The number of hydrogen-bond acceptors (Lipinski definition) is 2. The number of amides is 1. The Morgan fingerprint density at radius 1 is 1.12 bits per heavy atom. The molecule has 1 saturated carbocycles. The van der Waals surface area contributed by atoms with Crippen LogP contribution in [0.2, 0.25) is 0 Å². The molecule has 1 heterocycles. The minimum atomic E-state index is -0.279. The zero-order chi connectivity index (χ0) is 17.3. The molecule has 128 valence electrons. The molecule has 0 spiro atoms. The van der Waals surface area contributed by atoms with Crippen LogP contribution in [-0.2, 0) is 16.8 Å². The van der Waals surface area contributed by atoms with E-state index in [0.29, 0.717) is 6.54 Å². The third kappa shape index (κ3) is 2.93. The number of carbonyl (C=O) groups is 1. The summed E-state index contributed by atoms with van der Waals surface area (Å²) in [5.41, 5.74) is 3.06. The molecule has 1 aromatic heterocycles. The fraction of sp³-hybridized carbons (Fsp3) is 0.333. The Kier molecular flexibility index (Phi) is 4.04. The molecule has 4 heteroatoms. The van der Waals surface area contributed by atoms with E-state index in [4.69, 9.17) is 0 Å². The van der Waals surface area contributed by atoms with Gasteiger partial charge in [0.25, 0.3) is 0 Å². The molecule has 1 aliphatic carbocycles. The highest BCUT2D eigenvalue weighted by Crippen LogP contribution is 2.48. The summed E-state index contributed by atoms with van der Waals surface area (Å²) >= 11 is 0. The molecular formula is C21H23N3O. The van der Waals surface area contributed by atoms with Crippen LogP contribution in [0.1, 0.15) is 30.7 Å². The van der Waals surface area contributed by atoms with Crippen molar-refractivity contribution in [1.29, 1.82) is 0 Å². The molecule has 4 nitrogen and oxygen atoms in total. The molecule has 4 rings (SSSR count). The number of benzene rings is 2. The Bertz CT molecular complexity index is 894. The van der Waals surface area contributed by atoms with Gasteiger partial charge >= 0.3 is 0 Å². The number of nitrogens with one attached hydrogen (secondary N) is 1. The molecule has 1 amide bonds. The number of nitrogens with zero attached hydrogens (tertiary/aromatic N) is 2. The lowest BCUT2D eigenvalue weighted by Crippen LogP contribution is -2.35. The lowest BCUT2D eigenvalue weighted by molar-refractivity contribution is -0.123. The lowest BCUT2D eigenvalue weighted by Gasteiger charge is -2.16. The van der Waals surface area contributed by atoms with E-state index < -0.39 is 0 Å². The normalized spacial score (nSPS) is 15.2. The summed E-state index contributed by atoms with van der Waals surface area (Å²) in [5, 5.41) is 3.14. The second-order valence-electron chi connectivity index (χ2n) is 6.86.